The summed E-state index contributed by atoms with van der Waals surface area (Å²) < 4.78 is 0. The molecule has 0 saturated carbocycles. The number of amides is 2. The van der Waals surface area contributed by atoms with E-state index in [2.05, 4.69) is 16.7 Å². The SMILES string of the molecule is CCCC(C#N)NC(=O)c1ccc(CNC(=O)C(C)(C)C)cc1. The quantitative estimate of drug-likeness (QED) is 0.847. The molecule has 1 atom stereocenters. The Labute approximate surface area is 138 Å². The highest BCUT2D eigenvalue weighted by atomic mass is 16.2. The summed E-state index contributed by atoms with van der Waals surface area (Å²) in [6.45, 7) is 7.97. The van der Waals surface area contributed by atoms with Crippen LogP contribution in [-0.4, -0.2) is 17.9 Å². The van der Waals surface area contributed by atoms with E-state index in [1.807, 2.05) is 27.7 Å². The van der Waals surface area contributed by atoms with Gasteiger partial charge in [0, 0.05) is 17.5 Å². The molecule has 5 nitrogen and oxygen atoms in total. The second-order valence-electron chi connectivity index (χ2n) is 6.57. The van der Waals surface area contributed by atoms with Gasteiger partial charge in [0.05, 0.1) is 6.07 Å². The molecule has 0 aromatic heterocycles. The van der Waals surface area contributed by atoms with Crippen molar-refractivity contribution in [3.05, 3.63) is 35.4 Å². The number of nitriles is 1. The van der Waals surface area contributed by atoms with Crippen LogP contribution in [0.4, 0.5) is 0 Å². The lowest BCUT2D eigenvalue weighted by atomic mass is 9.95. The number of hydrogen-bond acceptors (Lipinski definition) is 3. The summed E-state index contributed by atoms with van der Waals surface area (Å²) in [5.74, 6) is -0.272. The smallest absolute Gasteiger partial charge is 0.252 e. The summed E-state index contributed by atoms with van der Waals surface area (Å²) in [4.78, 5) is 23.9. The molecule has 0 fully saturated rings. The van der Waals surface area contributed by atoms with Gasteiger partial charge in [0.25, 0.3) is 5.91 Å². The molecule has 0 bridgehead atoms. The third-order valence-corrected chi connectivity index (χ3v) is 3.39. The van der Waals surface area contributed by atoms with E-state index in [0.29, 0.717) is 18.5 Å². The van der Waals surface area contributed by atoms with E-state index in [-0.39, 0.29) is 11.8 Å². The second kappa shape index (κ2) is 8.33. The second-order valence-corrected chi connectivity index (χ2v) is 6.57. The van der Waals surface area contributed by atoms with Crippen LogP contribution >= 0.6 is 0 Å². The van der Waals surface area contributed by atoms with Crippen LogP contribution in [0, 0.1) is 16.7 Å². The number of hydrogen-bond donors (Lipinski definition) is 2. The zero-order valence-corrected chi connectivity index (χ0v) is 14.3. The Balaban J connectivity index is 2.61. The maximum absolute atomic E-state index is 12.1. The molecule has 0 heterocycles. The van der Waals surface area contributed by atoms with Crippen molar-refractivity contribution in [3.8, 4) is 6.07 Å². The number of benzene rings is 1. The van der Waals surface area contributed by atoms with Gasteiger partial charge < -0.3 is 10.6 Å². The Morgan fingerprint density at radius 3 is 2.30 bits per heavy atom. The van der Waals surface area contributed by atoms with E-state index in [1.165, 1.54) is 0 Å². The molecular weight excluding hydrogens is 290 g/mol. The zero-order chi connectivity index (χ0) is 17.5. The van der Waals surface area contributed by atoms with Gasteiger partial charge in [0.1, 0.15) is 6.04 Å². The molecule has 0 radical (unpaired) electrons. The zero-order valence-electron chi connectivity index (χ0n) is 14.3. The first-order valence-corrected chi connectivity index (χ1v) is 7.85. The number of carbonyl (C=O) groups is 2. The monoisotopic (exact) mass is 315 g/mol. The van der Waals surface area contributed by atoms with E-state index >= 15 is 0 Å². The normalized spacial score (nSPS) is 12.1. The van der Waals surface area contributed by atoms with E-state index in [0.717, 1.165) is 12.0 Å². The summed E-state index contributed by atoms with van der Waals surface area (Å²) in [5, 5.41) is 14.5. The van der Waals surface area contributed by atoms with E-state index < -0.39 is 11.5 Å². The number of nitrogens with one attached hydrogen (secondary N) is 2. The molecular formula is C18H25N3O2. The fourth-order valence-electron chi connectivity index (χ4n) is 1.92. The molecule has 0 saturated heterocycles. The average molecular weight is 315 g/mol. The first kappa shape index (κ1) is 18.7. The van der Waals surface area contributed by atoms with Gasteiger partial charge in [-0.15, -0.1) is 0 Å². The predicted molar refractivity (Wildman–Crippen MR) is 89.5 cm³/mol. The lowest BCUT2D eigenvalue weighted by Crippen LogP contribution is -2.34. The van der Waals surface area contributed by atoms with Crippen molar-refractivity contribution < 1.29 is 9.59 Å². The van der Waals surface area contributed by atoms with Crippen molar-refractivity contribution in [1.29, 1.82) is 5.26 Å². The van der Waals surface area contributed by atoms with Gasteiger partial charge in [-0.2, -0.15) is 5.26 Å². The molecule has 0 aliphatic heterocycles. The maximum Gasteiger partial charge on any atom is 0.252 e. The van der Waals surface area contributed by atoms with Crippen LogP contribution in [0.2, 0.25) is 0 Å². The van der Waals surface area contributed by atoms with Crippen molar-refractivity contribution in [2.75, 3.05) is 0 Å². The Bertz CT molecular complexity index is 580. The van der Waals surface area contributed by atoms with Gasteiger partial charge >= 0.3 is 0 Å². The average Bonchev–Trinajstić information content (AvgIpc) is 2.51. The molecule has 23 heavy (non-hydrogen) atoms. The molecule has 124 valence electrons. The third kappa shape index (κ3) is 6.11. The van der Waals surface area contributed by atoms with Crippen molar-refractivity contribution in [1.82, 2.24) is 10.6 Å². The molecule has 1 unspecified atom stereocenters. The first-order valence-electron chi connectivity index (χ1n) is 7.85. The highest BCUT2D eigenvalue weighted by Crippen LogP contribution is 2.13. The molecule has 2 N–H and O–H groups in total. The van der Waals surface area contributed by atoms with Gasteiger partial charge in [0.2, 0.25) is 5.91 Å². The number of carbonyl (C=O) groups excluding carboxylic acids is 2. The Kier molecular flexibility index (Phi) is 6.77. The van der Waals surface area contributed by atoms with Crippen LogP contribution in [0.1, 0.15) is 56.5 Å². The Morgan fingerprint density at radius 1 is 1.22 bits per heavy atom. The standard InChI is InChI=1S/C18H25N3O2/c1-5-6-15(11-19)21-16(22)14-9-7-13(8-10-14)12-20-17(23)18(2,3)4/h7-10,15H,5-6,12H2,1-4H3,(H,20,23)(H,21,22). The summed E-state index contributed by atoms with van der Waals surface area (Å²) in [5.41, 5.74) is 1.00. The van der Waals surface area contributed by atoms with Gasteiger partial charge in [0.15, 0.2) is 0 Å². The van der Waals surface area contributed by atoms with Gasteiger partial charge in [-0.25, -0.2) is 0 Å². The number of rotatable bonds is 6. The molecule has 2 amide bonds. The maximum atomic E-state index is 12.1. The molecule has 1 aromatic rings. The van der Waals surface area contributed by atoms with Crippen molar-refractivity contribution in [2.24, 2.45) is 5.41 Å². The fraction of sp³-hybridized carbons (Fsp3) is 0.500. The minimum absolute atomic E-state index is 0.0178. The first-order chi connectivity index (χ1) is 10.8. The van der Waals surface area contributed by atoms with Crippen LogP contribution in [0.15, 0.2) is 24.3 Å². The van der Waals surface area contributed by atoms with Crippen molar-refractivity contribution in [2.45, 2.75) is 53.1 Å². The van der Waals surface area contributed by atoms with Crippen LogP contribution in [0.5, 0.6) is 0 Å². The topological polar surface area (TPSA) is 82.0 Å². The highest BCUT2D eigenvalue weighted by Gasteiger charge is 2.20. The largest absolute Gasteiger partial charge is 0.352 e. The molecule has 0 aliphatic rings. The van der Waals surface area contributed by atoms with Crippen LogP contribution < -0.4 is 10.6 Å². The molecule has 1 aromatic carbocycles. The molecule has 5 heteroatoms. The van der Waals surface area contributed by atoms with Crippen LogP contribution in [0.25, 0.3) is 0 Å². The van der Waals surface area contributed by atoms with Crippen LogP contribution in [0.3, 0.4) is 0 Å². The summed E-state index contributed by atoms with van der Waals surface area (Å²) >= 11 is 0. The summed E-state index contributed by atoms with van der Waals surface area (Å²) in [6.07, 6.45) is 1.48. The van der Waals surface area contributed by atoms with Crippen molar-refractivity contribution in [3.63, 3.8) is 0 Å². The molecule has 0 spiro atoms. The molecule has 1 rings (SSSR count). The van der Waals surface area contributed by atoms with Crippen molar-refractivity contribution >= 4 is 11.8 Å². The van der Waals surface area contributed by atoms with Gasteiger partial charge in [-0.05, 0) is 24.1 Å². The lowest BCUT2D eigenvalue weighted by molar-refractivity contribution is -0.128. The van der Waals surface area contributed by atoms with Crippen LogP contribution in [-0.2, 0) is 11.3 Å². The molecule has 0 aliphatic carbocycles. The Morgan fingerprint density at radius 2 is 1.83 bits per heavy atom. The lowest BCUT2D eigenvalue weighted by Gasteiger charge is -2.17. The number of nitrogens with zero attached hydrogens (tertiary/aromatic N) is 1. The van der Waals surface area contributed by atoms with Gasteiger partial charge in [-0.1, -0.05) is 46.2 Å². The third-order valence-electron chi connectivity index (χ3n) is 3.39. The van der Waals surface area contributed by atoms with Gasteiger partial charge in [-0.3, -0.25) is 9.59 Å². The minimum atomic E-state index is -0.460. The van der Waals surface area contributed by atoms with E-state index in [4.69, 9.17) is 5.26 Å². The highest BCUT2D eigenvalue weighted by molar-refractivity contribution is 5.94. The fourth-order valence-corrected chi connectivity index (χ4v) is 1.92. The Hall–Kier alpha value is -2.35. The predicted octanol–water partition coefficient (Wildman–Crippen LogP) is 2.77. The summed E-state index contributed by atoms with van der Waals surface area (Å²) in [6, 6.07) is 8.64. The summed E-state index contributed by atoms with van der Waals surface area (Å²) in [7, 11) is 0. The van der Waals surface area contributed by atoms with E-state index in [9.17, 15) is 9.59 Å². The van der Waals surface area contributed by atoms with E-state index in [1.54, 1.807) is 24.3 Å². The minimum Gasteiger partial charge on any atom is -0.352 e.